The third-order valence-electron chi connectivity index (χ3n) is 3.55. The van der Waals surface area contributed by atoms with Crippen molar-refractivity contribution in [2.45, 2.75) is 12.8 Å². The Morgan fingerprint density at radius 3 is 2.94 bits per heavy atom. The van der Waals surface area contributed by atoms with Crippen LogP contribution in [0, 0.1) is 11.3 Å². The lowest BCUT2D eigenvalue weighted by Crippen LogP contribution is -2.38. The second kappa shape index (κ2) is 4.23. The van der Waals surface area contributed by atoms with Gasteiger partial charge in [-0.3, -0.25) is 0 Å². The third kappa shape index (κ3) is 1.81. The van der Waals surface area contributed by atoms with Gasteiger partial charge >= 0.3 is 0 Å². The highest BCUT2D eigenvalue weighted by Gasteiger charge is 2.14. The minimum absolute atomic E-state index is 0.780. The minimum atomic E-state index is 0.780. The van der Waals surface area contributed by atoms with E-state index in [1.54, 1.807) is 0 Å². The SMILES string of the molecule is N#Cc1cccc2[nH]cc(CCN3CCC3)c12. The van der Waals surface area contributed by atoms with Crippen LogP contribution < -0.4 is 0 Å². The maximum atomic E-state index is 9.14. The molecular formula is C14H15N3. The molecule has 0 unspecified atom stereocenters. The molecule has 3 nitrogen and oxygen atoms in total. The Morgan fingerprint density at radius 2 is 2.24 bits per heavy atom. The second-order valence-electron chi connectivity index (χ2n) is 4.60. The summed E-state index contributed by atoms with van der Waals surface area (Å²) < 4.78 is 0. The Bertz CT molecular complexity index is 573. The standard InChI is InChI=1S/C14H15N3/c15-9-11-3-1-4-13-14(11)12(10-16-13)5-8-17-6-2-7-17/h1,3-4,10,16H,2,5-8H2. The average Bonchev–Trinajstić information content (AvgIpc) is 2.70. The van der Waals surface area contributed by atoms with Gasteiger partial charge in [0.05, 0.1) is 11.6 Å². The number of rotatable bonds is 3. The summed E-state index contributed by atoms with van der Waals surface area (Å²) in [5.41, 5.74) is 3.12. The zero-order chi connectivity index (χ0) is 11.7. The summed E-state index contributed by atoms with van der Waals surface area (Å²) >= 11 is 0. The van der Waals surface area contributed by atoms with Gasteiger partial charge in [-0.25, -0.2) is 0 Å². The molecule has 0 aliphatic carbocycles. The number of H-pyrrole nitrogens is 1. The van der Waals surface area contributed by atoms with Crippen LogP contribution >= 0.6 is 0 Å². The second-order valence-corrected chi connectivity index (χ2v) is 4.60. The van der Waals surface area contributed by atoms with Crippen molar-refractivity contribution in [2.24, 2.45) is 0 Å². The summed E-state index contributed by atoms with van der Waals surface area (Å²) in [4.78, 5) is 5.71. The van der Waals surface area contributed by atoms with Crippen LogP contribution in [-0.4, -0.2) is 29.5 Å². The number of nitrogens with zero attached hydrogens (tertiary/aromatic N) is 2. The molecule has 2 aromatic rings. The highest BCUT2D eigenvalue weighted by atomic mass is 15.2. The number of likely N-dealkylation sites (tertiary alicyclic amines) is 1. The van der Waals surface area contributed by atoms with E-state index in [4.69, 9.17) is 5.26 Å². The van der Waals surface area contributed by atoms with Gasteiger partial charge in [-0.05, 0) is 43.6 Å². The maximum Gasteiger partial charge on any atom is 0.0998 e. The number of aromatic amines is 1. The fourth-order valence-corrected chi connectivity index (χ4v) is 2.43. The summed E-state index contributed by atoms with van der Waals surface area (Å²) in [6.07, 6.45) is 4.40. The molecule has 1 aliphatic rings. The van der Waals surface area contributed by atoms with Crippen LogP contribution in [0.25, 0.3) is 10.9 Å². The topological polar surface area (TPSA) is 42.8 Å². The summed E-state index contributed by atoms with van der Waals surface area (Å²) in [7, 11) is 0. The van der Waals surface area contributed by atoms with E-state index in [2.05, 4.69) is 16.0 Å². The monoisotopic (exact) mass is 225 g/mol. The molecule has 0 amide bonds. The van der Waals surface area contributed by atoms with Gasteiger partial charge in [0.2, 0.25) is 0 Å². The molecule has 0 spiro atoms. The molecule has 1 aromatic carbocycles. The molecule has 3 heteroatoms. The Morgan fingerprint density at radius 1 is 1.35 bits per heavy atom. The van der Waals surface area contributed by atoms with Gasteiger partial charge in [-0.2, -0.15) is 5.26 Å². The van der Waals surface area contributed by atoms with Crippen molar-refractivity contribution in [3.8, 4) is 6.07 Å². The molecule has 0 bridgehead atoms. The van der Waals surface area contributed by atoms with Crippen molar-refractivity contribution in [2.75, 3.05) is 19.6 Å². The number of nitriles is 1. The third-order valence-corrected chi connectivity index (χ3v) is 3.55. The first-order chi connectivity index (χ1) is 8.38. The molecule has 1 N–H and O–H groups in total. The van der Waals surface area contributed by atoms with Crippen molar-refractivity contribution >= 4 is 10.9 Å². The van der Waals surface area contributed by atoms with Crippen LogP contribution in [0.2, 0.25) is 0 Å². The van der Waals surface area contributed by atoms with Gasteiger partial charge in [0.25, 0.3) is 0 Å². The predicted molar refractivity (Wildman–Crippen MR) is 67.8 cm³/mol. The van der Waals surface area contributed by atoms with Gasteiger partial charge < -0.3 is 9.88 Å². The summed E-state index contributed by atoms with van der Waals surface area (Å²) in [6, 6.07) is 8.13. The van der Waals surface area contributed by atoms with E-state index < -0.39 is 0 Å². The number of fused-ring (bicyclic) bond motifs is 1. The lowest BCUT2D eigenvalue weighted by molar-refractivity contribution is 0.184. The number of benzene rings is 1. The van der Waals surface area contributed by atoms with Crippen LogP contribution in [-0.2, 0) is 6.42 Å². The molecule has 17 heavy (non-hydrogen) atoms. The Balaban J connectivity index is 1.90. The maximum absolute atomic E-state index is 9.14. The molecule has 2 heterocycles. The number of hydrogen-bond donors (Lipinski definition) is 1. The van der Waals surface area contributed by atoms with Crippen molar-refractivity contribution in [1.29, 1.82) is 5.26 Å². The van der Waals surface area contributed by atoms with Crippen molar-refractivity contribution in [3.63, 3.8) is 0 Å². The van der Waals surface area contributed by atoms with E-state index in [1.807, 2.05) is 24.4 Å². The first-order valence-electron chi connectivity index (χ1n) is 6.10. The molecule has 0 radical (unpaired) electrons. The smallest absolute Gasteiger partial charge is 0.0998 e. The molecule has 1 aliphatic heterocycles. The van der Waals surface area contributed by atoms with E-state index in [-0.39, 0.29) is 0 Å². The quantitative estimate of drug-likeness (QED) is 0.870. The largest absolute Gasteiger partial charge is 0.361 e. The molecule has 3 rings (SSSR count). The van der Waals surface area contributed by atoms with Crippen molar-refractivity contribution < 1.29 is 0 Å². The van der Waals surface area contributed by atoms with Crippen LogP contribution in [0.3, 0.4) is 0 Å². The molecular weight excluding hydrogens is 210 g/mol. The zero-order valence-corrected chi connectivity index (χ0v) is 9.74. The molecule has 1 saturated heterocycles. The number of nitrogens with one attached hydrogen (secondary N) is 1. The summed E-state index contributed by atoms with van der Waals surface area (Å²) in [6.45, 7) is 3.56. The normalized spacial score (nSPS) is 15.7. The van der Waals surface area contributed by atoms with Crippen LogP contribution in [0.15, 0.2) is 24.4 Å². The fourth-order valence-electron chi connectivity index (χ4n) is 2.43. The van der Waals surface area contributed by atoms with E-state index in [1.165, 1.54) is 25.1 Å². The van der Waals surface area contributed by atoms with Gasteiger partial charge in [0, 0.05) is 23.6 Å². The first kappa shape index (κ1) is 10.4. The van der Waals surface area contributed by atoms with Crippen LogP contribution in [0.5, 0.6) is 0 Å². The lowest BCUT2D eigenvalue weighted by atomic mass is 10.0. The zero-order valence-electron chi connectivity index (χ0n) is 9.74. The highest BCUT2D eigenvalue weighted by molar-refractivity contribution is 5.88. The van der Waals surface area contributed by atoms with E-state index >= 15 is 0 Å². The van der Waals surface area contributed by atoms with E-state index in [0.29, 0.717) is 0 Å². The Kier molecular flexibility index (Phi) is 2.58. The molecule has 0 saturated carbocycles. The van der Waals surface area contributed by atoms with Gasteiger partial charge in [-0.1, -0.05) is 6.07 Å². The number of hydrogen-bond acceptors (Lipinski definition) is 2. The van der Waals surface area contributed by atoms with E-state index in [0.717, 1.165) is 29.4 Å². The highest BCUT2D eigenvalue weighted by Crippen LogP contribution is 2.23. The van der Waals surface area contributed by atoms with E-state index in [9.17, 15) is 0 Å². The molecule has 1 fully saturated rings. The van der Waals surface area contributed by atoms with Gasteiger partial charge in [-0.15, -0.1) is 0 Å². The average molecular weight is 225 g/mol. The number of aromatic nitrogens is 1. The summed E-state index contributed by atoms with van der Waals surface area (Å²) in [5.74, 6) is 0. The molecule has 0 atom stereocenters. The predicted octanol–water partition coefficient (Wildman–Crippen LogP) is 2.29. The molecule has 86 valence electrons. The Hall–Kier alpha value is -1.79. The fraction of sp³-hybridized carbons (Fsp3) is 0.357. The van der Waals surface area contributed by atoms with Crippen molar-refractivity contribution in [1.82, 2.24) is 9.88 Å². The van der Waals surface area contributed by atoms with Gasteiger partial charge in [0.1, 0.15) is 0 Å². The molecule has 1 aromatic heterocycles. The van der Waals surface area contributed by atoms with Crippen molar-refractivity contribution in [3.05, 3.63) is 35.5 Å². The summed E-state index contributed by atoms with van der Waals surface area (Å²) in [5, 5.41) is 10.2. The van der Waals surface area contributed by atoms with Gasteiger partial charge in [0.15, 0.2) is 0 Å². The Labute approximate surface area is 101 Å². The lowest BCUT2D eigenvalue weighted by Gasteiger charge is -2.30. The van der Waals surface area contributed by atoms with Crippen LogP contribution in [0.1, 0.15) is 17.5 Å². The van der Waals surface area contributed by atoms with Crippen LogP contribution in [0.4, 0.5) is 0 Å². The minimum Gasteiger partial charge on any atom is -0.361 e. The first-order valence-corrected chi connectivity index (χ1v) is 6.10.